The highest BCUT2D eigenvalue weighted by atomic mass is 19.4. The zero-order chi connectivity index (χ0) is 24.4. The van der Waals surface area contributed by atoms with Crippen molar-refractivity contribution < 1.29 is 17.6 Å². The lowest BCUT2D eigenvalue weighted by atomic mass is 10.1. The minimum atomic E-state index is -4.56. The number of anilines is 2. The summed E-state index contributed by atoms with van der Waals surface area (Å²) in [5, 5.41) is 13.5. The SMILES string of the molecule is Fc1cnc2[nH]nc(Nc3cc(CCN4CCNCC4)nc(-c4ccccc4C(F)(F)F)n3)c2c1. The van der Waals surface area contributed by atoms with Gasteiger partial charge in [0, 0.05) is 56.5 Å². The van der Waals surface area contributed by atoms with Crippen LogP contribution < -0.4 is 10.6 Å². The zero-order valence-electron chi connectivity index (χ0n) is 18.5. The molecule has 0 bridgehead atoms. The van der Waals surface area contributed by atoms with E-state index in [0.717, 1.165) is 38.4 Å². The van der Waals surface area contributed by atoms with E-state index in [4.69, 9.17) is 0 Å². The minimum absolute atomic E-state index is 0.0533. The molecule has 8 nitrogen and oxygen atoms in total. The highest BCUT2D eigenvalue weighted by Crippen LogP contribution is 2.36. The second-order valence-electron chi connectivity index (χ2n) is 8.20. The van der Waals surface area contributed by atoms with E-state index in [9.17, 15) is 17.6 Å². The first-order chi connectivity index (χ1) is 16.9. The van der Waals surface area contributed by atoms with Gasteiger partial charge in [-0.25, -0.2) is 19.3 Å². The van der Waals surface area contributed by atoms with Gasteiger partial charge >= 0.3 is 6.18 Å². The molecule has 35 heavy (non-hydrogen) atoms. The Kier molecular flexibility index (Phi) is 6.31. The van der Waals surface area contributed by atoms with Gasteiger partial charge in [0.15, 0.2) is 17.3 Å². The Morgan fingerprint density at radius 1 is 1.06 bits per heavy atom. The molecule has 5 rings (SSSR count). The summed E-state index contributed by atoms with van der Waals surface area (Å²) in [7, 11) is 0. The van der Waals surface area contributed by atoms with Gasteiger partial charge in [-0.05, 0) is 12.1 Å². The van der Waals surface area contributed by atoms with E-state index in [1.165, 1.54) is 24.3 Å². The van der Waals surface area contributed by atoms with E-state index in [1.54, 1.807) is 6.07 Å². The molecule has 0 aliphatic carbocycles. The Bertz CT molecular complexity index is 1330. The van der Waals surface area contributed by atoms with Crippen LogP contribution >= 0.6 is 0 Å². The van der Waals surface area contributed by atoms with E-state index >= 15 is 0 Å². The van der Waals surface area contributed by atoms with Gasteiger partial charge in [-0.3, -0.25) is 5.10 Å². The lowest BCUT2D eigenvalue weighted by Gasteiger charge is -2.27. The molecule has 0 atom stereocenters. The molecule has 1 saturated heterocycles. The van der Waals surface area contributed by atoms with E-state index in [2.05, 4.69) is 40.7 Å². The van der Waals surface area contributed by atoms with Crippen LogP contribution in [-0.4, -0.2) is 62.8 Å². The largest absolute Gasteiger partial charge is 0.417 e. The molecule has 1 aliphatic rings. The molecule has 3 aromatic heterocycles. The highest BCUT2D eigenvalue weighted by Gasteiger charge is 2.34. The third-order valence-electron chi connectivity index (χ3n) is 5.78. The fourth-order valence-electron chi connectivity index (χ4n) is 4.04. The van der Waals surface area contributed by atoms with Crippen molar-refractivity contribution in [1.29, 1.82) is 0 Å². The number of hydrogen-bond acceptors (Lipinski definition) is 7. The van der Waals surface area contributed by atoms with Crippen LogP contribution in [0.3, 0.4) is 0 Å². The second kappa shape index (κ2) is 9.55. The Morgan fingerprint density at radius 2 is 1.86 bits per heavy atom. The number of aromatic nitrogens is 5. The monoisotopic (exact) mass is 486 g/mol. The summed E-state index contributed by atoms with van der Waals surface area (Å²) in [5.41, 5.74) is 0.00931. The number of benzene rings is 1. The molecule has 0 unspecified atom stereocenters. The number of aromatic amines is 1. The van der Waals surface area contributed by atoms with Crippen molar-refractivity contribution in [2.75, 3.05) is 38.0 Å². The summed E-state index contributed by atoms with van der Waals surface area (Å²) >= 11 is 0. The van der Waals surface area contributed by atoms with Crippen molar-refractivity contribution in [2.45, 2.75) is 12.6 Å². The third kappa shape index (κ3) is 5.23. The lowest BCUT2D eigenvalue weighted by molar-refractivity contribution is -0.137. The maximum Gasteiger partial charge on any atom is 0.417 e. The van der Waals surface area contributed by atoms with Crippen molar-refractivity contribution >= 4 is 22.7 Å². The highest BCUT2D eigenvalue weighted by molar-refractivity contribution is 5.88. The summed E-state index contributed by atoms with van der Waals surface area (Å²) in [4.78, 5) is 15.0. The van der Waals surface area contributed by atoms with Gasteiger partial charge < -0.3 is 15.5 Å². The van der Waals surface area contributed by atoms with Crippen LogP contribution in [0.5, 0.6) is 0 Å². The first-order valence-electron chi connectivity index (χ1n) is 11.1. The van der Waals surface area contributed by atoms with Gasteiger partial charge in [0.1, 0.15) is 11.6 Å². The van der Waals surface area contributed by atoms with Crippen LogP contribution in [0.25, 0.3) is 22.4 Å². The van der Waals surface area contributed by atoms with E-state index in [-0.39, 0.29) is 23.0 Å². The molecule has 0 spiro atoms. The Balaban J connectivity index is 1.52. The summed E-state index contributed by atoms with van der Waals surface area (Å²) < 4.78 is 54.9. The first kappa shape index (κ1) is 23.1. The predicted octanol–water partition coefficient (Wildman–Crippen LogP) is 3.76. The number of fused-ring (bicyclic) bond motifs is 1. The zero-order valence-corrected chi connectivity index (χ0v) is 18.5. The fourth-order valence-corrected chi connectivity index (χ4v) is 4.04. The second-order valence-corrected chi connectivity index (χ2v) is 8.20. The molecule has 1 aromatic carbocycles. The number of piperazine rings is 1. The Hall–Kier alpha value is -3.64. The Labute approximate surface area is 197 Å². The smallest absolute Gasteiger partial charge is 0.323 e. The van der Waals surface area contributed by atoms with Crippen molar-refractivity contribution in [3.8, 4) is 11.4 Å². The van der Waals surface area contributed by atoms with E-state index < -0.39 is 17.6 Å². The molecule has 1 fully saturated rings. The topological polar surface area (TPSA) is 94.7 Å². The molecule has 3 N–H and O–H groups in total. The summed E-state index contributed by atoms with van der Waals surface area (Å²) in [6, 6.07) is 8.15. The van der Waals surface area contributed by atoms with Gasteiger partial charge in [0.25, 0.3) is 0 Å². The normalized spacial score (nSPS) is 15.0. The van der Waals surface area contributed by atoms with Gasteiger partial charge in [0.2, 0.25) is 0 Å². The molecule has 0 radical (unpaired) electrons. The number of rotatable bonds is 6. The quantitative estimate of drug-likeness (QED) is 0.357. The van der Waals surface area contributed by atoms with Crippen LogP contribution in [0, 0.1) is 5.82 Å². The number of halogens is 4. The summed E-state index contributed by atoms with van der Waals surface area (Å²) in [6.45, 7) is 4.25. The first-order valence-corrected chi connectivity index (χ1v) is 11.1. The van der Waals surface area contributed by atoms with Crippen molar-refractivity contribution in [3.05, 3.63) is 59.7 Å². The van der Waals surface area contributed by atoms with Gasteiger partial charge in [-0.15, -0.1) is 0 Å². The summed E-state index contributed by atoms with van der Waals surface area (Å²) in [6.07, 6.45) is -2.97. The van der Waals surface area contributed by atoms with Gasteiger partial charge in [-0.1, -0.05) is 18.2 Å². The molecule has 1 aliphatic heterocycles. The van der Waals surface area contributed by atoms with Crippen molar-refractivity contribution in [3.63, 3.8) is 0 Å². The van der Waals surface area contributed by atoms with Crippen LogP contribution in [0.1, 0.15) is 11.3 Å². The number of alkyl halides is 3. The predicted molar refractivity (Wildman–Crippen MR) is 123 cm³/mol. The number of H-pyrrole nitrogens is 1. The molecule has 0 amide bonds. The maximum atomic E-state index is 13.7. The average molecular weight is 486 g/mol. The molecule has 0 saturated carbocycles. The van der Waals surface area contributed by atoms with Gasteiger partial charge in [0.05, 0.1) is 17.1 Å². The lowest BCUT2D eigenvalue weighted by Crippen LogP contribution is -2.44. The molecule has 12 heteroatoms. The molecular formula is C23H22F4N8. The van der Waals surface area contributed by atoms with Crippen LogP contribution in [0.4, 0.5) is 29.2 Å². The number of nitrogens with zero attached hydrogens (tertiary/aromatic N) is 5. The fraction of sp³-hybridized carbons (Fsp3) is 0.304. The average Bonchev–Trinajstić information content (AvgIpc) is 3.24. The number of hydrogen-bond donors (Lipinski definition) is 3. The molecule has 4 aromatic rings. The Morgan fingerprint density at radius 3 is 2.66 bits per heavy atom. The molecule has 4 heterocycles. The van der Waals surface area contributed by atoms with Gasteiger partial charge in [-0.2, -0.15) is 18.3 Å². The summed E-state index contributed by atoms with van der Waals surface area (Å²) in [5.74, 6) is -0.0858. The standard InChI is InChI=1S/C23H22F4N8/c24-14-11-17-20(29-13-14)33-34-22(17)32-19-12-15(5-8-35-9-6-28-7-10-35)30-21(31-19)16-3-1-2-4-18(16)23(25,26)27/h1-4,11-13,28H,5-10H2,(H2,29,30,31,32,33,34). The van der Waals surface area contributed by atoms with Crippen LogP contribution in [0.2, 0.25) is 0 Å². The van der Waals surface area contributed by atoms with Crippen molar-refractivity contribution in [1.82, 2.24) is 35.4 Å². The third-order valence-corrected chi connectivity index (χ3v) is 5.78. The maximum absolute atomic E-state index is 13.7. The molecular weight excluding hydrogens is 464 g/mol. The minimum Gasteiger partial charge on any atom is -0.323 e. The van der Waals surface area contributed by atoms with E-state index in [0.29, 0.717) is 29.7 Å². The van der Waals surface area contributed by atoms with E-state index in [1.807, 2.05) is 0 Å². The van der Waals surface area contributed by atoms with Crippen molar-refractivity contribution in [2.24, 2.45) is 0 Å². The number of pyridine rings is 1. The van der Waals surface area contributed by atoms with Crippen LogP contribution in [0.15, 0.2) is 42.6 Å². The number of nitrogens with one attached hydrogen (secondary N) is 3. The van der Waals surface area contributed by atoms with Crippen LogP contribution in [-0.2, 0) is 12.6 Å². The molecule has 182 valence electrons.